The van der Waals surface area contributed by atoms with E-state index >= 15 is 0 Å². The largest absolute Gasteiger partial charge is 0.495 e. The molecule has 0 fully saturated rings. The van der Waals surface area contributed by atoms with E-state index in [1.54, 1.807) is 0 Å². The van der Waals surface area contributed by atoms with Crippen LogP contribution in [0.1, 0.15) is 20.7 Å². The van der Waals surface area contributed by atoms with Crippen molar-refractivity contribution in [2.45, 2.75) is 0 Å². The molecule has 0 saturated heterocycles. The minimum absolute atomic E-state index is 0.477. The Labute approximate surface area is 136 Å². The van der Waals surface area contributed by atoms with Gasteiger partial charge in [-0.15, -0.1) is 0 Å². The fourth-order valence-electron chi connectivity index (χ4n) is 1.91. The molecule has 0 bridgehead atoms. The molecule has 0 heterocycles. The molecule has 0 aromatic heterocycles. The number of rotatable bonds is 4. The first-order valence-electron chi connectivity index (χ1n) is 6.34. The molecule has 0 atom stereocenters. The lowest BCUT2D eigenvalue weighted by Crippen LogP contribution is -2.16. The molecule has 5 nitrogen and oxygen atoms in total. The Kier molecular flexibility index (Phi) is 4.91. The Morgan fingerprint density at radius 1 is 0.840 bits per heavy atom. The summed E-state index contributed by atoms with van der Waals surface area (Å²) in [6, 6.07) is 3.15. The van der Waals surface area contributed by atoms with Crippen LogP contribution in [0.4, 0.5) is 22.0 Å². The molecule has 0 saturated carbocycles. The molecule has 0 radical (unpaired) electrons. The lowest BCUT2D eigenvalue weighted by atomic mass is 10.1. The predicted molar refractivity (Wildman–Crippen MR) is 71.1 cm³/mol. The van der Waals surface area contributed by atoms with E-state index in [2.05, 4.69) is 4.74 Å². The monoisotopic (exact) mass is 362 g/mol. The van der Waals surface area contributed by atoms with Gasteiger partial charge in [-0.25, -0.2) is 22.8 Å². The smallest absolute Gasteiger partial charge is 0.347 e. The van der Waals surface area contributed by atoms with E-state index in [1.807, 2.05) is 0 Å². The van der Waals surface area contributed by atoms with Gasteiger partial charge >= 0.3 is 11.9 Å². The van der Waals surface area contributed by atoms with Gasteiger partial charge in [-0.05, 0) is 12.1 Å². The normalized spacial score (nSPS) is 10.5. The molecule has 0 amide bonds. The maximum atomic E-state index is 13.5. The van der Waals surface area contributed by atoms with Gasteiger partial charge in [-0.1, -0.05) is 6.07 Å². The van der Waals surface area contributed by atoms with Crippen LogP contribution in [0, 0.1) is 29.1 Å². The van der Waals surface area contributed by atoms with Crippen molar-refractivity contribution < 1.29 is 46.1 Å². The van der Waals surface area contributed by atoms with Crippen LogP contribution >= 0.6 is 0 Å². The molecule has 132 valence electrons. The molecule has 10 heteroatoms. The van der Waals surface area contributed by atoms with Crippen molar-refractivity contribution in [1.82, 2.24) is 0 Å². The molecule has 0 aliphatic heterocycles. The maximum absolute atomic E-state index is 13.5. The number of carboxylic acids is 1. The summed E-state index contributed by atoms with van der Waals surface area (Å²) < 4.78 is 75.3. The highest BCUT2D eigenvalue weighted by Crippen LogP contribution is 2.31. The summed E-state index contributed by atoms with van der Waals surface area (Å²) in [5.41, 5.74) is -1.07. The van der Waals surface area contributed by atoms with Crippen molar-refractivity contribution in [1.29, 1.82) is 0 Å². The van der Waals surface area contributed by atoms with Gasteiger partial charge in [0.25, 0.3) is 0 Å². The number of hydrogen-bond acceptors (Lipinski definition) is 4. The van der Waals surface area contributed by atoms with Crippen LogP contribution in [-0.2, 0) is 0 Å². The molecule has 0 spiro atoms. The Morgan fingerprint density at radius 2 is 1.32 bits per heavy atom. The fourth-order valence-corrected chi connectivity index (χ4v) is 1.91. The van der Waals surface area contributed by atoms with Crippen LogP contribution in [0.2, 0.25) is 0 Å². The molecule has 0 aliphatic rings. The topological polar surface area (TPSA) is 72.8 Å². The van der Waals surface area contributed by atoms with Crippen molar-refractivity contribution in [3.05, 3.63) is 58.4 Å². The van der Waals surface area contributed by atoms with E-state index in [4.69, 9.17) is 9.84 Å². The number of halogens is 5. The van der Waals surface area contributed by atoms with Crippen molar-refractivity contribution in [3.63, 3.8) is 0 Å². The summed E-state index contributed by atoms with van der Waals surface area (Å²) in [4.78, 5) is 23.1. The lowest BCUT2D eigenvalue weighted by molar-refractivity contribution is 0.0692. The van der Waals surface area contributed by atoms with Gasteiger partial charge in [0.2, 0.25) is 34.8 Å². The first-order valence-corrected chi connectivity index (χ1v) is 6.34. The summed E-state index contributed by atoms with van der Waals surface area (Å²) in [6.45, 7) is 0. The predicted octanol–water partition coefficient (Wildman–Crippen LogP) is 3.31. The summed E-state index contributed by atoms with van der Waals surface area (Å²) in [5.74, 6) is -17.1. The van der Waals surface area contributed by atoms with Gasteiger partial charge in [0.15, 0.2) is 0 Å². The van der Waals surface area contributed by atoms with Crippen LogP contribution in [0.15, 0.2) is 18.2 Å². The fraction of sp³-hybridized carbons (Fsp3) is 0.0667. The zero-order chi connectivity index (χ0) is 18.9. The van der Waals surface area contributed by atoms with E-state index in [-0.39, 0.29) is 0 Å². The molecule has 1 N–H and O–H groups in total. The van der Waals surface area contributed by atoms with Crippen LogP contribution in [-0.4, -0.2) is 24.2 Å². The Bertz CT molecular complexity index is 852. The van der Waals surface area contributed by atoms with Gasteiger partial charge in [0.1, 0.15) is 16.9 Å². The maximum Gasteiger partial charge on any atom is 0.347 e. The van der Waals surface area contributed by atoms with Crippen molar-refractivity contribution >= 4 is 11.9 Å². The number of carboxylic acid groups (broad SMARTS) is 1. The number of carbonyl (C=O) groups is 2. The first kappa shape index (κ1) is 18.2. The molecule has 0 unspecified atom stereocenters. The van der Waals surface area contributed by atoms with Crippen molar-refractivity contribution in [2.24, 2.45) is 0 Å². The highest BCUT2D eigenvalue weighted by Gasteiger charge is 2.30. The summed E-state index contributed by atoms with van der Waals surface area (Å²) >= 11 is 0. The third-order valence-electron chi connectivity index (χ3n) is 3.03. The second-order valence-corrected chi connectivity index (χ2v) is 4.48. The lowest BCUT2D eigenvalue weighted by Gasteiger charge is -2.12. The van der Waals surface area contributed by atoms with Crippen LogP contribution < -0.4 is 9.47 Å². The number of hydrogen-bond donors (Lipinski definition) is 1. The van der Waals surface area contributed by atoms with Crippen molar-refractivity contribution in [3.8, 4) is 11.5 Å². The number of ether oxygens (including phenoxy) is 2. The van der Waals surface area contributed by atoms with E-state index in [0.29, 0.717) is 0 Å². The van der Waals surface area contributed by atoms with E-state index < -0.39 is 63.7 Å². The third kappa shape index (κ3) is 3.10. The van der Waals surface area contributed by atoms with E-state index in [1.165, 1.54) is 0 Å². The number of carbonyl (C=O) groups excluding carboxylic acids is 1. The zero-order valence-electron chi connectivity index (χ0n) is 12.2. The quantitative estimate of drug-likeness (QED) is 0.297. The van der Waals surface area contributed by atoms with Crippen molar-refractivity contribution in [2.75, 3.05) is 7.11 Å². The van der Waals surface area contributed by atoms with E-state index in [0.717, 1.165) is 25.3 Å². The minimum atomic E-state index is -2.42. The van der Waals surface area contributed by atoms with E-state index in [9.17, 15) is 31.5 Å². The van der Waals surface area contributed by atoms with Gasteiger partial charge in [0.05, 0.1) is 7.11 Å². The Balaban J connectivity index is 2.53. The minimum Gasteiger partial charge on any atom is -0.495 e. The summed E-state index contributed by atoms with van der Waals surface area (Å²) in [5, 5.41) is 8.99. The van der Waals surface area contributed by atoms with Gasteiger partial charge in [-0.2, -0.15) is 8.78 Å². The number of esters is 1. The second-order valence-electron chi connectivity index (χ2n) is 4.48. The van der Waals surface area contributed by atoms with Crippen LogP contribution in [0.25, 0.3) is 0 Å². The summed E-state index contributed by atoms with van der Waals surface area (Å²) in [7, 11) is 1.01. The highest BCUT2D eigenvalue weighted by molar-refractivity contribution is 6.00. The first-order chi connectivity index (χ1) is 11.7. The second kappa shape index (κ2) is 6.75. The molecule has 2 aromatic rings. The van der Waals surface area contributed by atoms with Gasteiger partial charge in [-0.3, -0.25) is 0 Å². The number of aromatic carboxylic acids is 1. The zero-order valence-corrected chi connectivity index (χ0v) is 12.2. The molecule has 25 heavy (non-hydrogen) atoms. The summed E-state index contributed by atoms with van der Waals surface area (Å²) in [6.07, 6.45) is 0. The molecule has 2 aromatic carbocycles. The standard InChI is InChI=1S/C15H7F5O5/c1-24-12-5(14(21)22)3-2-4-6(12)15(23)25-13-10(19)8(17)7(16)9(18)11(13)20/h2-4H,1H3,(H,21,22). The number of benzene rings is 2. The Morgan fingerprint density at radius 3 is 1.80 bits per heavy atom. The van der Waals surface area contributed by atoms with Crippen LogP contribution in [0.3, 0.4) is 0 Å². The molecular weight excluding hydrogens is 355 g/mol. The third-order valence-corrected chi connectivity index (χ3v) is 3.03. The van der Waals surface area contributed by atoms with Crippen LogP contribution in [0.5, 0.6) is 11.5 Å². The Hall–Kier alpha value is -3.17. The number of para-hydroxylation sites is 1. The van der Waals surface area contributed by atoms with Gasteiger partial charge < -0.3 is 14.6 Å². The van der Waals surface area contributed by atoms with Gasteiger partial charge in [0, 0.05) is 0 Å². The molecule has 0 aliphatic carbocycles. The average molecular weight is 362 g/mol. The highest BCUT2D eigenvalue weighted by atomic mass is 19.2. The number of methoxy groups -OCH3 is 1. The molecular formula is C15H7F5O5. The SMILES string of the molecule is COc1c(C(=O)O)cccc1C(=O)Oc1c(F)c(F)c(F)c(F)c1F. The average Bonchev–Trinajstić information content (AvgIpc) is 2.60. The molecule has 2 rings (SSSR count).